The molecule has 2 aliphatic heterocycles. The van der Waals surface area contributed by atoms with Gasteiger partial charge in [-0.25, -0.2) is 0 Å². The van der Waals surface area contributed by atoms with Crippen molar-refractivity contribution < 1.29 is 19.1 Å². The number of hydrogen-bond donors (Lipinski definition) is 1. The normalized spacial score (nSPS) is 35.2. The minimum atomic E-state index is 0.0477. The van der Waals surface area contributed by atoms with Crippen molar-refractivity contribution in [3.05, 3.63) is 29.8 Å². The zero-order valence-electron chi connectivity index (χ0n) is 19.6. The van der Waals surface area contributed by atoms with Crippen LogP contribution in [0.15, 0.2) is 24.3 Å². The Morgan fingerprint density at radius 1 is 1.28 bits per heavy atom. The Morgan fingerprint density at radius 3 is 2.75 bits per heavy atom. The average molecular weight is 441 g/mol. The lowest BCUT2D eigenvalue weighted by molar-refractivity contribution is -0.137. The predicted molar refractivity (Wildman–Crippen MR) is 122 cm³/mol. The van der Waals surface area contributed by atoms with Gasteiger partial charge in [-0.3, -0.25) is 9.59 Å². The third-order valence-electron chi connectivity index (χ3n) is 8.95. The Bertz CT molecular complexity index is 882. The van der Waals surface area contributed by atoms with E-state index < -0.39 is 0 Å². The van der Waals surface area contributed by atoms with Crippen molar-refractivity contribution in [1.29, 1.82) is 0 Å². The quantitative estimate of drug-likeness (QED) is 0.730. The maximum Gasteiger partial charge on any atom is 0.227 e. The van der Waals surface area contributed by atoms with Crippen LogP contribution in [0, 0.1) is 22.7 Å². The van der Waals surface area contributed by atoms with Crippen molar-refractivity contribution >= 4 is 17.5 Å². The molecule has 174 valence electrons. The van der Waals surface area contributed by atoms with Gasteiger partial charge in [0.15, 0.2) is 0 Å². The number of nitrogens with one attached hydrogen (secondary N) is 1. The van der Waals surface area contributed by atoms with Gasteiger partial charge in [-0.2, -0.15) is 0 Å². The molecule has 6 heteroatoms. The van der Waals surface area contributed by atoms with Crippen LogP contribution < -0.4 is 10.2 Å². The number of ether oxygens (including phenoxy) is 2. The highest BCUT2D eigenvalue weighted by Crippen LogP contribution is 2.70. The van der Waals surface area contributed by atoms with E-state index in [1.165, 1.54) is 12.0 Å². The molecular weight excluding hydrogens is 404 g/mol. The summed E-state index contributed by atoms with van der Waals surface area (Å²) in [5.41, 5.74) is 2.35. The van der Waals surface area contributed by atoms with Gasteiger partial charge >= 0.3 is 0 Å². The predicted octanol–water partition coefficient (Wildman–Crippen LogP) is 3.85. The molecule has 0 aromatic heterocycles. The molecule has 5 atom stereocenters. The summed E-state index contributed by atoms with van der Waals surface area (Å²) in [6.45, 7) is 6.65. The first-order valence-corrected chi connectivity index (χ1v) is 12.2. The minimum absolute atomic E-state index is 0.0477. The molecule has 1 N–H and O–H groups in total. The van der Waals surface area contributed by atoms with Crippen LogP contribution in [0.2, 0.25) is 0 Å². The summed E-state index contributed by atoms with van der Waals surface area (Å²) in [5.74, 6) is 1.30. The fourth-order valence-electron chi connectivity index (χ4n) is 7.31. The van der Waals surface area contributed by atoms with Crippen LogP contribution in [0.5, 0.6) is 0 Å². The van der Waals surface area contributed by atoms with Gasteiger partial charge in [0.05, 0.1) is 12.7 Å². The van der Waals surface area contributed by atoms with E-state index in [0.29, 0.717) is 31.3 Å². The summed E-state index contributed by atoms with van der Waals surface area (Å²) in [4.78, 5) is 26.7. The summed E-state index contributed by atoms with van der Waals surface area (Å²) < 4.78 is 11.5. The van der Waals surface area contributed by atoms with Crippen molar-refractivity contribution in [2.24, 2.45) is 22.7 Å². The highest BCUT2D eigenvalue weighted by Gasteiger charge is 2.68. The van der Waals surface area contributed by atoms with Gasteiger partial charge in [-0.15, -0.1) is 0 Å². The molecule has 4 aliphatic rings. The van der Waals surface area contributed by atoms with Crippen LogP contribution in [0.3, 0.4) is 0 Å². The maximum atomic E-state index is 12.7. The Balaban J connectivity index is 1.38. The second-order valence-corrected chi connectivity index (χ2v) is 10.8. The van der Waals surface area contributed by atoms with E-state index in [2.05, 4.69) is 43.4 Å². The molecule has 1 unspecified atom stereocenters. The van der Waals surface area contributed by atoms with Gasteiger partial charge < -0.3 is 19.7 Å². The highest BCUT2D eigenvalue weighted by molar-refractivity contribution is 5.95. The summed E-state index contributed by atoms with van der Waals surface area (Å²) >= 11 is 0. The number of carbonyl (C=O) groups is 2. The van der Waals surface area contributed by atoms with Crippen LogP contribution in [0.4, 0.5) is 5.69 Å². The third-order valence-corrected chi connectivity index (χ3v) is 8.95. The van der Waals surface area contributed by atoms with Gasteiger partial charge in [-0.05, 0) is 66.0 Å². The van der Waals surface area contributed by atoms with Crippen LogP contribution in [-0.4, -0.2) is 44.7 Å². The SMILES string of the molecule is COCCC(=O)N[C@H]1C(C)(C)[C@@H]2C[C@@H]3[C@@H](c4ccc(N5CCCC5=O)cc4)OCCC31C2. The lowest BCUT2D eigenvalue weighted by Crippen LogP contribution is -2.59. The smallest absolute Gasteiger partial charge is 0.227 e. The summed E-state index contributed by atoms with van der Waals surface area (Å²) in [6.07, 6.45) is 5.35. The van der Waals surface area contributed by atoms with E-state index in [1.54, 1.807) is 7.11 Å². The molecule has 2 saturated heterocycles. The van der Waals surface area contributed by atoms with Crippen molar-refractivity contribution in [3.8, 4) is 0 Å². The summed E-state index contributed by atoms with van der Waals surface area (Å²) in [5, 5.41) is 3.43. The van der Waals surface area contributed by atoms with Crippen LogP contribution in [-0.2, 0) is 19.1 Å². The van der Waals surface area contributed by atoms with Crippen molar-refractivity contribution in [2.45, 2.75) is 64.5 Å². The molecule has 2 aliphatic carbocycles. The molecule has 1 spiro atoms. The molecule has 2 amide bonds. The lowest BCUT2D eigenvalue weighted by Gasteiger charge is -2.53. The lowest BCUT2D eigenvalue weighted by atomic mass is 9.59. The number of fused-ring (bicyclic) bond motifs is 1. The molecule has 1 aromatic carbocycles. The maximum absolute atomic E-state index is 12.7. The molecule has 2 saturated carbocycles. The summed E-state index contributed by atoms with van der Waals surface area (Å²) in [7, 11) is 1.64. The van der Waals surface area contributed by atoms with Gasteiger partial charge in [0.2, 0.25) is 11.8 Å². The van der Waals surface area contributed by atoms with E-state index in [1.807, 2.05) is 4.90 Å². The van der Waals surface area contributed by atoms with E-state index in [-0.39, 0.29) is 34.8 Å². The van der Waals surface area contributed by atoms with Gasteiger partial charge in [0, 0.05) is 44.8 Å². The zero-order valence-corrected chi connectivity index (χ0v) is 19.6. The van der Waals surface area contributed by atoms with Crippen molar-refractivity contribution in [3.63, 3.8) is 0 Å². The molecule has 0 radical (unpaired) electrons. The van der Waals surface area contributed by atoms with Crippen molar-refractivity contribution in [1.82, 2.24) is 5.32 Å². The van der Waals surface area contributed by atoms with E-state index in [4.69, 9.17) is 9.47 Å². The number of rotatable bonds is 6. The molecule has 1 aromatic rings. The molecule has 2 heterocycles. The number of amides is 2. The number of anilines is 1. The molecule has 32 heavy (non-hydrogen) atoms. The fraction of sp³-hybridized carbons (Fsp3) is 0.692. The summed E-state index contributed by atoms with van der Waals surface area (Å²) in [6, 6.07) is 8.60. The number of methoxy groups -OCH3 is 1. The van der Waals surface area contributed by atoms with E-state index >= 15 is 0 Å². The first-order valence-electron chi connectivity index (χ1n) is 12.2. The number of benzene rings is 1. The standard InChI is InChI=1S/C26H36N2O4/c1-25(2)18-15-20-23(17-6-8-19(9-7-17)28-12-4-5-22(28)30)32-14-11-26(20,16-18)24(25)27-21(29)10-13-31-3/h6-9,18,20,23-24H,4-5,10-16H2,1-3H3,(H,27,29)/t18-,20-,23-,24+,26?/m1/s1. The van der Waals surface area contributed by atoms with E-state index in [9.17, 15) is 9.59 Å². The molecule has 6 nitrogen and oxygen atoms in total. The molecular formula is C26H36N2O4. The van der Waals surface area contributed by atoms with Crippen LogP contribution in [0.1, 0.15) is 64.0 Å². The Kier molecular flexibility index (Phi) is 5.57. The largest absolute Gasteiger partial charge is 0.384 e. The Hall–Kier alpha value is -1.92. The molecule has 4 fully saturated rings. The second kappa shape index (κ2) is 8.14. The molecule has 5 rings (SSSR count). The van der Waals surface area contributed by atoms with E-state index in [0.717, 1.165) is 38.1 Å². The number of carbonyl (C=O) groups excluding carboxylic acids is 2. The first kappa shape index (κ1) is 21.9. The van der Waals surface area contributed by atoms with Crippen LogP contribution >= 0.6 is 0 Å². The second-order valence-electron chi connectivity index (χ2n) is 10.8. The first-order chi connectivity index (χ1) is 15.4. The van der Waals surface area contributed by atoms with Crippen LogP contribution in [0.25, 0.3) is 0 Å². The third kappa shape index (κ3) is 3.38. The fourth-order valence-corrected chi connectivity index (χ4v) is 7.31. The number of nitrogens with zero attached hydrogens (tertiary/aromatic N) is 1. The Morgan fingerprint density at radius 2 is 2.06 bits per heavy atom. The Labute approximate surface area is 191 Å². The van der Waals surface area contributed by atoms with Gasteiger partial charge in [-0.1, -0.05) is 26.0 Å². The molecule has 2 bridgehead atoms. The highest BCUT2D eigenvalue weighted by atomic mass is 16.5. The zero-order chi connectivity index (χ0) is 22.5. The van der Waals surface area contributed by atoms with Gasteiger partial charge in [0.1, 0.15) is 0 Å². The van der Waals surface area contributed by atoms with Gasteiger partial charge in [0.25, 0.3) is 0 Å². The minimum Gasteiger partial charge on any atom is -0.384 e. The van der Waals surface area contributed by atoms with Crippen molar-refractivity contribution in [2.75, 3.05) is 31.8 Å². The average Bonchev–Trinajstić information content (AvgIpc) is 3.44. The topological polar surface area (TPSA) is 67.9 Å². The monoisotopic (exact) mass is 440 g/mol. The number of hydrogen-bond acceptors (Lipinski definition) is 4.